The van der Waals surface area contributed by atoms with E-state index < -0.39 is 0 Å². The van der Waals surface area contributed by atoms with E-state index in [0.717, 1.165) is 12.2 Å². The number of nitrogens with zero attached hydrogens (tertiary/aromatic N) is 1. The van der Waals surface area contributed by atoms with E-state index >= 15 is 0 Å². The summed E-state index contributed by atoms with van der Waals surface area (Å²) in [5.74, 6) is 0. The summed E-state index contributed by atoms with van der Waals surface area (Å²) in [4.78, 5) is 3.93. The molecule has 58 valence electrons. The van der Waals surface area contributed by atoms with E-state index in [1.165, 1.54) is 12.0 Å². The fourth-order valence-corrected chi connectivity index (χ4v) is 1.29. The number of hydrogen-bond donors (Lipinski definition) is 2. The molecule has 3 nitrogen and oxygen atoms in total. The van der Waals surface area contributed by atoms with E-state index in [1.54, 1.807) is 12.4 Å². The predicted octanol–water partition coefficient (Wildman–Crippen LogP) is 0.698. The molecule has 11 heavy (non-hydrogen) atoms. The zero-order valence-electron chi connectivity index (χ0n) is 6.25. The lowest BCUT2D eigenvalue weighted by molar-refractivity contribution is 0.384. The molecule has 1 atom stereocenters. The molecule has 1 aromatic heterocycles. The van der Waals surface area contributed by atoms with Gasteiger partial charge in [-0.15, -0.1) is 0 Å². The molecular weight excluding hydrogens is 138 g/mol. The highest BCUT2D eigenvalue weighted by molar-refractivity contribution is 5.46. The van der Waals surface area contributed by atoms with Crippen molar-refractivity contribution in [1.82, 2.24) is 10.3 Å². The van der Waals surface area contributed by atoms with Crippen LogP contribution in [0.1, 0.15) is 18.0 Å². The van der Waals surface area contributed by atoms with Crippen molar-refractivity contribution < 1.29 is 0 Å². The third-order valence-electron chi connectivity index (χ3n) is 2.09. The van der Waals surface area contributed by atoms with Gasteiger partial charge in [0.1, 0.15) is 0 Å². The minimum absolute atomic E-state index is 0.470. The van der Waals surface area contributed by atoms with Gasteiger partial charge in [0, 0.05) is 12.2 Å². The highest BCUT2D eigenvalue weighted by atomic mass is 15.0. The monoisotopic (exact) mass is 149 g/mol. The summed E-state index contributed by atoms with van der Waals surface area (Å²) in [5.41, 5.74) is 7.71. The first-order chi connectivity index (χ1) is 5.38. The average Bonchev–Trinajstić information content (AvgIpc) is 1.90. The fraction of sp³-hybridized carbons (Fsp3) is 0.375. The van der Waals surface area contributed by atoms with Crippen LogP contribution < -0.4 is 11.1 Å². The predicted molar refractivity (Wildman–Crippen MR) is 44.0 cm³/mol. The fourth-order valence-electron chi connectivity index (χ4n) is 1.29. The van der Waals surface area contributed by atoms with E-state index in [1.807, 2.05) is 6.07 Å². The maximum absolute atomic E-state index is 5.73. The molecule has 1 aromatic rings. The molecule has 1 fully saturated rings. The van der Waals surface area contributed by atoms with Gasteiger partial charge in [-0.25, -0.2) is 0 Å². The molecule has 0 saturated carbocycles. The van der Waals surface area contributed by atoms with E-state index in [0.29, 0.717) is 6.04 Å². The minimum Gasteiger partial charge on any atom is -0.397 e. The Labute approximate surface area is 65.6 Å². The molecule has 1 aliphatic heterocycles. The van der Waals surface area contributed by atoms with Crippen LogP contribution in [0, 0.1) is 0 Å². The molecule has 2 heterocycles. The second kappa shape index (κ2) is 2.51. The van der Waals surface area contributed by atoms with Gasteiger partial charge in [0.15, 0.2) is 0 Å². The van der Waals surface area contributed by atoms with E-state index in [2.05, 4.69) is 10.3 Å². The van der Waals surface area contributed by atoms with Gasteiger partial charge in [0.25, 0.3) is 0 Å². The van der Waals surface area contributed by atoms with Crippen LogP contribution in [0.5, 0.6) is 0 Å². The van der Waals surface area contributed by atoms with Crippen LogP contribution in [0.15, 0.2) is 18.5 Å². The molecule has 1 unspecified atom stereocenters. The van der Waals surface area contributed by atoms with Gasteiger partial charge in [-0.3, -0.25) is 4.98 Å². The maximum Gasteiger partial charge on any atom is 0.0549 e. The molecular formula is C8H11N3. The van der Waals surface area contributed by atoms with E-state index in [4.69, 9.17) is 5.73 Å². The Bertz CT molecular complexity index is 255. The number of nitrogens with two attached hydrogens (primary N) is 1. The van der Waals surface area contributed by atoms with Gasteiger partial charge in [-0.05, 0) is 24.6 Å². The molecule has 0 aliphatic carbocycles. The third-order valence-corrected chi connectivity index (χ3v) is 2.09. The summed E-state index contributed by atoms with van der Waals surface area (Å²) in [5, 5.41) is 3.29. The van der Waals surface area contributed by atoms with Crippen molar-refractivity contribution in [2.45, 2.75) is 12.5 Å². The van der Waals surface area contributed by atoms with Gasteiger partial charge in [0.2, 0.25) is 0 Å². The Balaban J connectivity index is 2.28. The number of hydrogen-bond acceptors (Lipinski definition) is 3. The van der Waals surface area contributed by atoms with Crippen LogP contribution in [-0.2, 0) is 0 Å². The standard InChI is InChI=1S/C8H11N3/c9-7-5-10-3-1-6(7)8-2-4-11-8/h1,3,5,8,11H,2,4,9H2. The molecule has 0 radical (unpaired) electrons. The van der Waals surface area contributed by atoms with Crippen molar-refractivity contribution in [3.8, 4) is 0 Å². The molecule has 0 spiro atoms. The van der Waals surface area contributed by atoms with Crippen LogP contribution in [0.4, 0.5) is 5.69 Å². The molecule has 0 amide bonds. The van der Waals surface area contributed by atoms with Gasteiger partial charge in [0.05, 0.1) is 11.9 Å². The first kappa shape index (κ1) is 6.61. The molecule has 3 heteroatoms. The van der Waals surface area contributed by atoms with Crippen molar-refractivity contribution in [2.24, 2.45) is 0 Å². The number of nitrogen functional groups attached to an aromatic ring is 1. The summed E-state index contributed by atoms with van der Waals surface area (Å²) >= 11 is 0. The topological polar surface area (TPSA) is 50.9 Å². The lowest BCUT2D eigenvalue weighted by atomic mass is 9.98. The Morgan fingerprint density at radius 2 is 2.45 bits per heavy atom. The first-order valence-electron chi connectivity index (χ1n) is 3.80. The largest absolute Gasteiger partial charge is 0.397 e. The SMILES string of the molecule is Nc1cnccc1C1CCN1. The van der Waals surface area contributed by atoms with Crippen molar-refractivity contribution in [2.75, 3.05) is 12.3 Å². The highest BCUT2D eigenvalue weighted by Gasteiger charge is 2.19. The number of rotatable bonds is 1. The Morgan fingerprint density at radius 3 is 3.00 bits per heavy atom. The summed E-state index contributed by atoms with van der Waals surface area (Å²) in [6.07, 6.45) is 4.68. The molecule has 3 N–H and O–H groups in total. The third kappa shape index (κ3) is 1.07. The Hall–Kier alpha value is -1.09. The lowest BCUT2D eigenvalue weighted by Gasteiger charge is -2.28. The zero-order valence-corrected chi connectivity index (χ0v) is 6.25. The Kier molecular flexibility index (Phi) is 1.51. The van der Waals surface area contributed by atoms with Crippen molar-refractivity contribution >= 4 is 5.69 Å². The molecule has 0 bridgehead atoms. The van der Waals surface area contributed by atoms with Crippen molar-refractivity contribution in [3.05, 3.63) is 24.0 Å². The van der Waals surface area contributed by atoms with Crippen molar-refractivity contribution in [3.63, 3.8) is 0 Å². The highest BCUT2D eigenvalue weighted by Crippen LogP contribution is 2.26. The summed E-state index contributed by atoms with van der Waals surface area (Å²) < 4.78 is 0. The molecule has 1 aliphatic rings. The molecule has 2 rings (SSSR count). The van der Waals surface area contributed by atoms with Crippen LogP contribution in [-0.4, -0.2) is 11.5 Å². The average molecular weight is 149 g/mol. The second-order valence-corrected chi connectivity index (χ2v) is 2.80. The quantitative estimate of drug-likeness (QED) is 0.618. The van der Waals surface area contributed by atoms with Crippen molar-refractivity contribution in [1.29, 1.82) is 0 Å². The maximum atomic E-state index is 5.73. The second-order valence-electron chi connectivity index (χ2n) is 2.80. The van der Waals surface area contributed by atoms with Gasteiger partial charge in [-0.2, -0.15) is 0 Å². The zero-order chi connectivity index (χ0) is 7.68. The van der Waals surface area contributed by atoms with Crippen LogP contribution in [0.25, 0.3) is 0 Å². The Morgan fingerprint density at radius 1 is 1.64 bits per heavy atom. The van der Waals surface area contributed by atoms with Gasteiger partial charge in [-0.1, -0.05) is 0 Å². The van der Waals surface area contributed by atoms with E-state index in [9.17, 15) is 0 Å². The summed E-state index contributed by atoms with van der Waals surface area (Å²) in [6.45, 7) is 1.10. The summed E-state index contributed by atoms with van der Waals surface area (Å²) in [7, 11) is 0. The number of anilines is 1. The van der Waals surface area contributed by atoms with Crippen LogP contribution in [0.2, 0.25) is 0 Å². The number of aromatic nitrogens is 1. The normalized spacial score (nSPS) is 22.7. The number of nitrogens with one attached hydrogen (secondary N) is 1. The van der Waals surface area contributed by atoms with Gasteiger partial charge >= 0.3 is 0 Å². The van der Waals surface area contributed by atoms with E-state index in [-0.39, 0.29) is 0 Å². The first-order valence-corrected chi connectivity index (χ1v) is 3.80. The van der Waals surface area contributed by atoms with Crippen LogP contribution >= 0.6 is 0 Å². The smallest absolute Gasteiger partial charge is 0.0549 e. The molecule has 0 aromatic carbocycles. The molecule has 1 saturated heterocycles. The minimum atomic E-state index is 0.470. The number of pyridine rings is 1. The van der Waals surface area contributed by atoms with Crippen LogP contribution in [0.3, 0.4) is 0 Å². The lowest BCUT2D eigenvalue weighted by Crippen LogP contribution is -2.35. The van der Waals surface area contributed by atoms with Gasteiger partial charge < -0.3 is 11.1 Å². The summed E-state index contributed by atoms with van der Waals surface area (Å²) in [6, 6.07) is 2.45.